The molecule has 0 saturated heterocycles. The summed E-state index contributed by atoms with van der Waals surface area (Å²) < 4.78 is 27.1. The average molecular weight is 247 g/mol. The number of anilines is 1. The normalized spacial score (nSPS) is 10.4. The number of rotatable bonds is 2. The lowest BCUT2D eigenvalue weighted by Crippen LogP contribution is -2.09. The first-order valence-corrected chi connectivity index (χ1v) is 5.35. The zero-order valence-electron chi connectivity index (χ0n) is 9.71. The maximum absolute atomic E-state index is 13.5. The van der Waals surface area contributed by atoms with Crippen molar-refractivity contribution < 1.29 is 13.6 Å². The van der Waals surface area contributed by atoms with E-state index in [9.17, 15) is 13.6 Å². The third-order valence-corrected chi connectivity index (χ3v) is 2.70. The average Bonchev–Trinajstić information content (AvgIpc) is 2.32. The highest BCUT2D eigenvalue weighted by atomic mass is 19.1. The lowest BCUT2D eigenvalue weighted by atomic mass is 9.98. The van der Waals surface area contributed by atoms with Crippen LogP contribution in [0.5, 0.6) is 0 Å². The van der Waals surface area contributed by atoms with Gasteiger partial charge in [-0.3, -0.25) is 4.79 Å². The molecule has 2 aromatic rings. The van der Waals surface area contributed by atoms with Crippen LogP contribution in [0, 0.1) is 18.6 Å². The topological polar surface area (TPSA) is 43.1 Å². The second kappa shape index (κ2) is 4.56. The molecule has 0 radical (unpaired) electrons. The van der Waals surface area contributed by atoms with Gasteiger partial charge in [0.25, 0.3) is 0 Å². The van der Waals surface area contributed by atoms with Gasteiger partial charge in [-0.2, -0.15) is 0 Å². The largest absolute Gasteiger partial charge is 0.399 e. The summed E-state index contributed by atoms with van der Waals surface area (Å²) in [5.41, 5.74) is 6.24. The third-order valence-electron chi connectivity index (χ3n) is 2.70. The van der Waals surface area contributed by atoms with Gasteiger partial charge in [0.2, 0.25) is 0 Å². The Kier molecular flexibility index (Phi) is 3.10. The van der Waals surface area contributed by atoms with E-state index < -0.39 is 23.0 Å². The van der Waals surface area contributed by atoms with Crippen LogP contribution < -0.4 is 5.73 Å². The van der Waals surface area contributed by atoms with Crippen LogP contribution in [0.15, 0.2) is 36.4 Å². The molecule has 0 atom stereocenters. The van der Waals surface area contributed by atoms with E-state index in [4.69, 9.17) is 5.73 Å². The van der Waals surface area contributed by atoms with Crippen LogP contribution in [0.25, 0.3) is 0 Å². The predicted molar refractivity (Wildman–Crippen MR) is 65.4 cm³/mol. The number of benzene rings is 2. The first-order chi connectivity index (χ1) is 8.50. The molecule has 0 aliphatic carbocycles. The molecular formula is C14H11F2NO. The van der Waals surface area contributed by atoms with Gasteiger partial charge in [0.1, 0.15) is 11.6 Å². The molecule has 92 valence electrons. The molecule has 0 aliphatic heterocycles. The number of hydrogen-bond acceptors (Lipinski definition) is 2. The van der Waals surface area contributed by atoms with Crippen LogP contribution in [0.2, 0.25) is 0 Å². The van der Waals surface area contributed by atoms with Crippen LogP contribution in [0.4, 0.5) is 14.5 Å². The number of hydrogen-bond donors (Lipinski definition) is 1. The van der Waals surface area contributed by atoms with Gasteiger partial charge in [0.05, 0.1) is 5.56 Å². The van der Waals surface area contributed by atoms with Crippen molar-refractivity contribution in [1.82, 2.24) is 0 Å². The molecule has 0 saturated carbocycles. The van der Waals surface area contributed by atoms with Crippen molar-refractivity contribution in [2.45, 2.75) is 6.92 Å². The smallest absolute Gasteiger partial charge is 0.199 e. The molecule has 0 aliphatic rings. The maximum atomic E-state index is 13.5. The molecule has 2 N–H and O–H groups in total. The summed E-state index contributed by atoms with van der Waals surface area (Å²) in [5, 5.41) is 0. The Balaban J connectivity index is 2.58. The molecule has 0 bridgehead atoms. The fourth-order valence-electron chi connectivity index (χ4n) is 1.73. The summed E-state index contributed by atoms with van der Waals surface area (Å²) in [4.78, 5) is 12.1. The van der Waals surface area contributed by atoms with Crippen molar-refractivity contribution in [2.24, 2.45) is 0 Å². The minimum absolute atomic E-state index is 0.207. The van der Waals surface area contributed by atoms with Crippen molar-refractivity contribution in [3.63, 3.8) is 0 Å². The predicted octanol–water partition coefficient (Wildman–Crippen LogP) is 3.09. The van der Waals surface area contributed by atoms with Gasteiger partial charge in [-0.1, -0.05) is 12.1 Å². The van der Waals surface area contributed by atoms with Gasteiger partial charge in [-0.15, -0.1) is 0 Å². The Morgan fingerprint density at radius 1 is 1.11 bits per heavy atom. The van der Waals surface area contributed by atoms with Crippen LogP contribution >= 0.6 is 0 Å². The first kappa shape index (κ1) is 12.2. The second-order valence-corrected chi connectivity index (χ2v) is 4.00. The minimum atomic E-state index is -0.873. The number of ketones is 1. The first-order valence-electron chi connectivity index (χ1n) is 5.35. The molecule has 2 rings (SSSR count). The molecule has 2 nitrogen and oxygen atoms in total. The van der Waals surface area contributed by atoms with E-state index in [0.29, 0.717) is 11.3 Å². The number of carbonyl (C=O) groups excluding carboxylic acids is 1. The van der Waals surface area contributed by atoms with Crippen LogP contribution in [0.3, 0.4) is 0 Å². The van der Waals surface area contributed by atoms with Gasteiger partial charge in [0.15, 0.2) is 5.78 Å². The Morgan fingerprint density at radius 3 is 2.33 bits per heavy atom. The van der Waals surface area contributed by atoms with Crippen LogP contribution in [-0.2, 0) is 0 Å². The monoisotopic (exact) mass is 247 g/mol. The van der Waals surface area contributed by atoms with E-state index in [1.165, 1.54) is 12.1 Å². The molecule has 0 heterocycles. The van der Waals surface area contributed by atoms with E-state index in [1.807, 2.05) is 0 Å². The highest BCUT2D eigenvalue weighted by Crippen LogP contribution is 2.21. The standard InChI is InChI=1S/C14H11F2NO/c1-8-5-6-9(17)7-10(8)14(18)13-11(15)3-2-4-12(13)16/h2-7H,17H2,1H3. The fourth-order valence-corrected chi connectivity index (χ4v) is 1.73. The zero-order valence-corrected chi connectivity index (χ0v) is 9.71. The van der Waals surface area contributed by atoms with E-state index in [0.717, 1.165) is 12.1 Å². The molecular weight excluding hydrogens is 236 g/mol. The third kappa shape index (κ3) is 2.09. The molecule has 0 aromatic heterocycles. The second-order valence-electron chi connectivity index (χ2n) is 4.00. The molecule has 4 heteroatoms. The number of aryl methyl sites for hydroxylation is 1. The summed E-state index contributed by atoms with van der Waals surface area (Å²) in [6.07, 6.45) is 0. The van der Waals surface area contributed by atoms with Crippen molar-refractivity contribution in [2.75, 3.05) is 5.73 Å². The van der Waals surface area contributed by atoms with Gasteiger partial charge in [-0.25, -0.2) is 8.78 Å². The minimum Gasteiger partial charge on any atom is -0.399 e. The molecule has 18 heavy (non-hydrogen) atoms. The summed E-state index contributed by atoms with van der Waals surface area (Å²) in [6, 6.07) is 8.01. The molecule has 0 fully saturated rings. The quantitative estimate of drug-likeness (QED) is 0.654. The van der Waals surface area contributed by atoms with E-state index in [2.05, 4.69) is 0 Å². The summed E-state index contributed by atoms with van der Waals surface area (Å²) in [7, 11) is 0. The van der Waals surface area contributed by atoms with Crippen molar-refractivity contribution >= 4 is 11.5 Å². The van der Waals surface area contributed by atoms with Gasteiger partial charge in [-0.05, 0) is 36.8 Å². The Hall–Kier alpha value is -2.23. The highest BCUT2D eigenvalue weighted by molar-refractivity contribution is 6.10. The van der Waals surface area contributed by atoms with Gasteiger partial charge >= 0.3 is 0 Å². The van der Waals surface area contributed by atoms with Gasteiger partial charge < -0.3 is 5.73 Å². The fraction of sp³-hybridized carbons (Fsp3) is 0.0714. The molecule has 0 unspecified atom stereocenters. The van der Waals surface area contributed by atoms with Gasteiger partial charge in [0, 0.05) is 11.3 Å². The van der Waals surface area contributed by atoms with E-state index in [-0.39, 0.29) is 5.56 Å². The summed E-state index contributed by atoms with van der Waals surface area (Å²) >= 11 is 0. The Bertz CT molecular complexity index is 603. The number of carbonyl (C=O) groups is 1. The number of halogens is 2. The lowest BCUT2D eigenvalue weighted by Gasteiger charge is -2.07. The molecule has 0 spiro atoms. The van der Waals surface area contributed by atoms with Crippen LogP contribution in [0.1, 0.15) is 21.5 Å². The van der Waals surface area contributed by atoms with E-state index in [1.54, 1.807) is 19.1 Å². The highest BCUT2D eigenvalue weighted by Gasteiger charge is 2.20. The summed E-state index contributed by atoms with van der Waals surface area (Å²) in [6.45, 7) is 1.69. The van der Waals surface area contributed by atoms with Crippen molar-refractivity contribution in [1.29, 1.82) is 0 Å². The van der Waals surface area contributed by atoms with Crippen LogP contribution in [-0.4, -0.2) is 5.78 Å². The summed E-state index contributed by atoms with van der Waals surface area (Å²) in [5.74, 6) is -2.45. The van der Waals surface area contributed by atoms with E-state index >= 15 is 0 Å². The van der Waals surface area contributed by atoms with Crippen molar-refractivity contribution in [3.05, 3.63) is 64.7 Å². The van der Waals surface area contributed by atoms with Crippen molar-refractivity contribution in [3.8, 4) is 0 Å². The SMILES string of the molecule is Cc1ccc(N)cc1C(=O)c1c(F)cccc1F. The molecule has 0 amide bonds. The Morgan fingerprint density at radius 2 is 1.72 bits per heavy atom. The zero-order chi connectivity index (χ0) is 13.3. The number of nitrogen functional groups attached to an aromatic ring is 1. The molecule has 2 aromatic carbocycles. The lowest BCUT2D eigenvalue weighted by molar-refractivity contribution is 0.103. The Labute approximate surface area is 103 Å². The number of nitrogens with two attached hydrogens (primary N) is 1. The maximum Gasteiger partial charge on any atom is 0.199 e.